The molecule has 1 N–H and O–H groups in total. The van der Waals surface area contributed by atoms with Crippen molar-refractivity contribution in [2.24, 2.45) is 5.92 Å². The summed E-state index contributed by atoms with van der Waals surface area (Å²) in [6.45, 7) is 0.432. The molecule has 38 heavy (non-hydrogen) atoms. The highest BCUT2D eigenvalue weighted by Crippen LogP contribution is 2.30. The zero-order valence-corrected chi connectivity index (χ0v) is 22.2. The van der Waals surface area contributed by atoms with Crippen LogP contribution in [0.25, 0.3) is 16.9 Å². The van der Waals surface area contributed by atoms with Crippen LogP contribution in [0.15, 0.2) is 79.0 Å². The summed E-state index contributed by atoms with van der Waals surface area (Å²) in [5.41, 5.74) is 2.80. The molecule has 0 atom stereocenters. The van der Waals surface area contributed by atoms with Gasteiger partial charge < -0.3 is 9.64 Å². The third kappa shape index (κ3) is 6.18. The normalized spacial score (nSPS) is 12.7. The summed E-state index contributed by atoms with van der Waals surface area (Å²) in [5, 5.41) is 4.09. The lowest BCUT2D eigenvalue weighted by Gasteiger charge is -2.22. The van der Waals surface area contributed by atoms with Gasteiger partial charge in [-0.05, 0) is 79.4 Å². The van der Waals surface area contributed by atoms with Crippen LogP contribution in [-0.2, 0) is 4.79 Å². The first-order valence-electron chi connectivity index (χ1n) is 12.2. The summed E-state index contributed by atoms with van der Waals surface area (Å²) < 4.78 is 7.08. The number of imidazole rings is 1. The molecule has 7 nitrogen and oxygen atoms in total. The minimum Gasteiger partial charge on any atom is -0.497 e. The summed E-state index contributed by atoms with van der Waals surface area (Å²) in [6.07, 6.45) is 3.96. The van der Waals surface area contributed by atoms with Crippen LogP contribution in [0.5, 0.6) is 5.75 Å². The predicted octanol–water partition coefficient (Wildman–Crippen LogP) is 6.35. The molecule has 1 heterocycles. The Hall–Kier alpha value is -3.81. The van der Waals surface area contributed by atoms with E-state index in [1.54, 1.807) is 53.0 Å². The van der Waals surface area contributed by atoms with Gasteiger partial charge in [-0.3, -0.25) is 19.5 Å². The zero-order valence-electron chi connectivity index (χ0n) is 20.7. The van der Waals surface area contributed by atoms with Gasteiger partial charge in [0.25, 0.3) is 5.91 Å². The molecule has 5 rings (SSSR count). The minimum atomic E-state index is -0.337. The Bertz CT molecular complexity index is 1430. The number of rotatable bonds is 9. The van der Waals surface area contributed by atoms with Gasteiger partial charge in [0.15, 0.2) is 0 Å². The molecule has 0 saturated heterocycles. The molecule has 9 heteroatoms. The molecule has 0 bridgehead atoms. The standard InChI is InChI=1S/C29H26Cl2N4O3/c1-38-25-14-12-24(13-15-25)35-17-26(20-4-8-22(30)9-5-20)32-29(35)33-27(36)18-34(16-19-2-3-19)28(37)21-6-10-23(31)11-7-21/h4-15,17,19H,2-3,16,18H2,1H3,(H,32,33,36). The highest BCUT2D eigenvalue weighted by Gasteiger charge is 2.29. The Morgan fingerprint density at radius 2 is 1.61 bits per heavy atom. The Balaban J connectivity index is 1.41. The Morgan fingerprint density at radius 3 is 2.21 bits per heavy atom. The summed E-state index contributed by atoms with van der Waals surface area (Å²) in [4.78, 5) is 32.8. The largest absolute Gasteiger partial charge is 0.497 e. The van der Waals surface area contributed by atoms with Gasteiger partial charge in [-0.15, -0.1) is 0 Å². The van der Waals surface area contributed by atoms with E-state index in [1.807, 2.05) is 42.6 Å². The van der Waals surface area contributed by atoms with Crippen molar-refractivity contribution in [1.29, 1.82) is 0 Å². The second-order valence-electron chi connectivity index (χ2n) is 9.21. The lowest BCUT2D eigenvalue weighted by Crippen LogP contribution is -2.39. The number of halogens is 2. The van der Waals surface area contributed by atoms with Crippen LogP contribution in [0, 0.1) is 5.92 Å². The molecule has 1 saturated carbocycles. The molecule has 0 spiro atoms. The average Bonchev–Trinajstić information content (AvgIpc) is 3.66. The average molecular weight is 549 g/mol. The van der Waals surface area contributed by atoms with Crippen molar-refractivity contribution in [3.63, 3.8) is 0 Å². The summed E-state index contributed by atoms with van der Waals surface area (Å²) in [6, 6.07) is 21.5. The second-order valence-corrected chi connectivity index (χ2v) is 10.1. The fourth-order valence-electron chi connectivity index (χ4n) is 4.11. The summed E-state index contributed by atoms with van der Waals surface area (Å²) in [7, 11) is 1.61. The van der Waals surface area contributed by atoms with Crippen LogP contribution in [-0.4, -0.2) is 46.5 Å². The third-order valence-corrected chi connectivity index (χ3v) is 6.84. The highest BCUT2D eigenvalue weighted by atomic mass is 35.5. The number of carbonyl (C=O) groups excluding carboxylic acids is 2. The maximum Gasteiger partial charge on any atom is 0.254 e. The monoisotopic (exact) mass is 548 g/mol. The van der Waals surface area contributed by atoms with Crippen molar-refractivity contribution >= 4 is 41.0 Å². The summed E-state index contributed by atoms with van der Waals surface area (Å²) >= 11 is 12.1. The number of benzene rings is 3. The predicted molar refractivity (Wildman–Crippen MR) is 149 cm³/mol. The van der Waals surface area contributed by atoms with E-state index in [1.165, 1.54) is 0 Å². The van der Waals surface area contributed by atoms with E-state index < -0.39 is 0 Å². The van der Waals surface area contributed by atoms with Crippen LogP contribution in [0.3, 0.4) is 0 Å². The number of carbonyl (C=O) groups is 2. The molecular formula is C29H26Cl2N4O3. The smallest absolute Gasteiger partial charge is 0.254 e. The van der Waals surface area contributed by atoms with Gasteiger partial charge in [-0.25, -0.2) is 4.98 Å². The fourth-order valence-corrected chi connectivity index (χ4v) is 4.36. The molecule has 4 aromatic rings. The molecule has 0 radical (unpaired) electrons. The molecule has 1 aliphatic carbocycles. The van der Waals surface area contributed by atoms with E-state index in [0.29, 0.717) is 45.5 Å². The zero-order chi connectivity index (χ0) is 26.6. The molecule has 1 fully saturated rings. The SMILES string of the molecule is COc1ccc(-n2cc(-c3ccc(Cl)cc3)nc2NC(=O)CN(CC2CC2)C(=O)c2ccc(Cl)cc2)cc1. The van der Waals surface area contributed by atoms with Crippen molar-refractivity contribution in [2.75, 3.05) is 25.5 Å². The number of hydrogen-bond acceptors (Lipinski definition) is 4. The molecule has 0 unspecified atom stereocenters. The number of aromatic nitrogens is 2. The number of ether oxygens (including phenoxy) is 1. The number of anilines is 1. The van der Waals surface area contributed by atoms with Crippen LogP contribution >= 0.6 is 23.2 Å². The van der Waals surface area contributed by atoms with Crippen molar-refractivity contribution < 1.29 is 14.3 Å². The van der Waals surface area contributed by atoms with E-state index in [9.17, 15) is 9.59 Å². The molecule has 3 aromatic carbocycles. The molecule has 2 amide bonds. The Morgan fingerprint density at radius 1 is 0.974 bits per heavy atom. The van der Waals surface area contributed by atoms with E-state index in [4.69, 9.17) is 32.9 Å². The Kier molecular flexibility index (Phi) is 7.67. The maximum absolute atomic E-state index is 13.3. The number of hydrogen-bond donors (Lipinski definition) is 1. The molecule has 1 aromatic heterocycles. The van der Waals surface area contributed by atoms with Crippen LogP contribution in [0.1, 0.15) is 23.2 Å². The first-order chi connectivity index (χ1) is 18.4. The van der Waals surface area contributed by atoms with E-state index in [-0.39, 0.29) is 18.4 Å². The number of nitrogens with zero attached hydrogens (tertiary/aromatic N) is 3. The van der Waals surface area contributed by atoms with E-state index in [2.05, 4.69) is 5.32 Å². The molecule has 0 aliphatic heterocycles. The third-order valence-electron chi connectivity index (χ3n) is 6.34. The maximum atomic E-state index is 13.3. The lowest BCUT2D eigenvalue weighted by molar-refractivity contribution is -0.117. The van der Waals surface area contributed by atoms with Crippen LogP contribution < -0.4 is 10.1 Å². The van der Waals surface area contributed by atoms with Crippen molar-refractivity contribution in [3.8, 4) is 22.7 Å². The van der Waals surface area contributed by atoms with Gasteiger partial charge in [-0.2, -0.15) is 0 Å². The fraction of sp³-hybridized carbons (Fsp3) is 0.207. The van der Waals surface area contributed by atoms with Gasteiger partial charge in [0, 0.05) is 39.6 Å². The molecule has 194 valence electrons. The quantitative estimate of drug-likeness (QED) is 0.264. The van der Waals surface area contributed by atoms with Crippen LogP contribution in [0.4, 0.5) is 5.95 Å². The van der Waals surface area contributed by atoms with Gasteiger partial charge in [0.2, 0.25) is 11.9 Å². The van der Waals surface area contributed by atoms with Crippen molar-refractivity contribution in [1.82, 2.24) is 14.5 Å². The Labute approximate surface area is 231 Å². The van der Waals surface area contributed by atoms with E-state index >= 15 is 0 Å². The molecular weight excluding hydrogens is 523 g/mol. The number of amides is 2. The number of methoxy groups -OCH3 is 1. The number of nitrogens with one attached hydrogen (secondary N) is 1. The van der Waals surface area contributed by atoms with Gasteiger partial charge in [0.1, 0.15) is 12.3 Å². The van der Waals surface area contributed by atoms with Gasteiger partial charge in [0.05, 0.1) is 12.8 Å². The summed E-state index contributed by atoms with van der Waals surface area (Å²) in [5.74, 6) is 0.932. The topological polar surface area (TPSA) is 76.5 Å². The van der Waals surface area contributed by atoms with Gasteiger partial charge in [-0.1, -0.05) is 35.3 Å². The minimum absolute atomic E-state index is 0.0935. The van der Waals surface area contributed by atoms with Gasteiger partial charge >= 0.3 is 0 Å². The lowest BCUT2D eigenvalue weighted by atomic mass is 10.2. The van der Waals surface area contributed by atoms with E-state index in [0.717, 1.165) is 24.1 Å². The van der Waals surface area contributed by atoms with Crippen molar-refractivity contribution in [2.45, 2.75) is 12.8 Å². The second kappa shape index (κ2) is 11.3. The first-order valence-corrected chi connectivity index (χ1v) is 13.0. The van der Waals surface area contributed by atoms with Crippen molar-refractivity contribution in [3.05, 3.63) is 94.6 Å². The van der Waals surface area contributed by atoms with Crippen LogP contribution in [0.2, 0.25) is 10.0 Å². The highest BCUT2D eigenvalue weighted by molar-refractivity contribution is 6.31. The molecule has 1 aliphatic rings. The first kappa shape index (κ1) is 25.8.